The molecule has 3 heteroatoms. The fourth-order valence-electron chi connectivity index (χ4n) is 0.998. The first-order valence-corrected chi connectivity index (χ1v) is 4.75. The Kier molecular flexibility index (Phi) is 6.76. The minimum Gasteiger partial charge on any atom is -0.291 e. The largest absolute Gasteiger partial charge is 0.291 e. The van der Waals surface area contributed by atoms with E-state index in [9.17, 15) is 4.79 Å². The number of hydrogen-bond acceptors (Lipinski definition) is 2. The monoisotopic (exact) mass is 172 g/mol. The molecule has 0 heterocycles. The molecule has 0 fully saturated rings. The molecule has 0 bridgehead atoms. The number of hydrazine groups is 1. The SMILES string of the molecule is CCCC(=O)NNC(C)CCC. The Morgan fingerprint density at radius 3 is 2.50 bits per heavy atom. The van der Waals surface area contributed by atoms with Gasteiger partial charge in [0.2, 0.25) is 5.91 Å². The van der Waals surface area contributed by atoms with Crippen molar-refractivity contribution in [1.29, 1.82) is 0 Å². The Hall–Kier alpha value is -0.570. The van der Waals surface area contributed by atoms with Gasteiger partial charge in [-0.25, -0.2) is 5.43 Å². The molecule has 72 valence electrons. The van der Waals surface area contributed by atoms with Gasteiger partial charge in [0.25, 0.3) is 0 Å². The van der Waals surface area contributed by atoms with Crippen LogP contribution in [0.2, 0.25) is 0 Å². The molecule has 0 aliphatic rings. The first-order chi connectivity index (χ1) is 5.70. The molecule has 0 aromatic carbocycles. The molecule has 2 N–H and O–H groups in total. The van der Waals surface area contributed by atoms with Crippen molar-refractivity contribution in [2.75, 3.05) is 0 Å². The van der Waals surface area contributed by atoms with Crippen LogP contribution in [0, 0.1) is 0 Å². The van der Waals surface area contributed by atoms with Crippen molar-refractivity contribution >= 4 is 5.91 Å². The van der Waals surface area contributed by atoms with Crippen LogP contribution in [0.5, 0.6) is 0 Å². The lowest BCUT2D eigenvalue weighted by atomic mass is 10.2. The molecule has 3 nitrogen and oxygen atoms in total. The number of nitrogens with one attached hydrogen (secondary N) is 2. The molecule has 0 aliphatic carbocycles. The van der Waals surface area contributed by atoms with Crippen molar-refractivity contribution in [2.24, 2.45) is 0 Å². The average Bonchev–Trinajstić information content (AvgIpc) is 2.02. The number of amides is 1. The topological polar surface area (TPSA) is 41.1 Å². The molecule has 0 saturated carbocycles. The van der Waals surface area contributed by atoms with Crippen molar-refractivity contribution in [3.8, 4) is 0 Å². The van der Waals surface area contributed by atoms with Crippen LogP contribution in [-0.2, 0) is 4.79 Å². The van der Waals surface area contributed by atoms with Crippen LogP contribution >= 0.6 is 0 Å². The van der Waals surface area contributed by atoms with Gasteiger partial charge in [0.05, 0.1) is 0 Å². The molecule has 0 radical (unpaired) electrons. The lowest BCUT2D eigenvalue weighted by Gasteiger charge is -2.13. The molecular weight excluding hydrogens is 152 g/mol. The molecule has 1 atom stereocenters. The molecule has 12 heavy (non-hydrogen) atoms. The van der Waals surface area contributed by atoms with Gasteiger partial charge in [-0.1, -0.05) is 20.3 Å². The third-order valence-electron chi connectivity index (χ3n) is 1.66. The highest BCUT2D eigenvalue weighted by Gasteiger charge is 2.01. The summed E-state index contributed by atoms with van der Waals surface area (Å²) in [6.07, 6.45) is 3.73. The van der Waals surface area contributed by atoms with E-state index in [-0.39, 0.29) is 5.91 Å². The van der Waals surface area contributed by atoms with Gasteiger partial charge in [0.1, 0.15) is 0 Å². The number of hydrogen-bond donors (Lipinski definition) is 2. The van der Waals surface area contributed by atoms with Gasteiger partial charge in [-0.05, 0) is 19.8 Å². The van der Waals surface area contributed by atoms with Crippen LogP contribution in [-0.4, -0.2) is 11.9 Å². The van der Waals surface area contributed by atoms with Crippen LogP contribution in [0.25, 0.3) is 0 Å². The summed E-state index contributed by atoms with van der Waals surface area (Å²) in [6, 6.07) is 0.371. The molecular formula is C9H20N2O. The van der Waals surface area contributed by atoms with Gasteiger partial charge >= 0.3 is 0 Å². The Morgan fingerprint density at radius 2 is 2.00 bits per heavy atom. The van der Waals surface area contributed by atoms with Gasteiger partial charge in [-0.2, -0.15) is 0 Å². The second-order valence-corrected chi connectivity index (χ2v) is 3.13. The third kappa shape index (κ3) is 6.16. The van der Waals surface area contributed by atoms with Gasteiger partial charge in [-0.3, -0.25) is 10.2 Å². The predicted molar refractivity (Wildman–Crippen MR) is 50.6 cm³/mol. The maximum Gasteiger partial charge on any atom is 0.234 e. The summed E-state index contributed by atoms with van der Waals surface area (Å²) in [5.74, 6) is 0.0838. The molecule has 0 aromatic heterocycles. The summed E-state index contributed by atoms with van der Waals surface area (Å²) < 4.78 is 0. The molecule has 0 aromatic rings. The standard InChI is InChI=1S/C9H20N2O/c1-4-6-8(3)10-11-9(12)7-5-2/h8,10H,4-7H2,1-3H3,(H,11,12). The Labute approximate surface area is 74.9 Å². The summed E-state index contributed by atoms with van der Waals surface area (Å²) in [6.45, 7) is 6.19. The van der Waals surface area contributed by atoms with Crippen molar-refractivity contribution < 1.29 is 4.79 Å². The first-order valence-electron chi connectivity index (χ1n) is 4.75. The molecule has 0 aliphatic heterocycles. The quantitative estimate of drug-likeness (QED) is 0.597. The van der Waals surface area contributed by atoms with Gasteiger partial charge in [-0.15, -0.1) is 0 Å². The van der Waals surface area contributed by atoms with Crippen LogP contribution in [0.4, 0.5) is 0 Å². The van der Waals surface area contributed by atoms with Gasteiger partial charge in [0.15, 0.2) is 0 Å². The van der Waals surface area contributed by atoms with E-state index >= 15 is 0 Å². The number of rotatable bonds is 6. The minimum absolute atomic E-state index is 0.0838. The average molecular weight is 172 g/mol. The molecule has 1 unspecified atom stereocenters. The van der Waals surface area contributed by atoms with E-state index in [1.54, 1.807) is 0 Å². The zero-order valence-corrected chi connectivity index (χ0v) is 8.31. The van der Waals surface area contributed by atoms with E-state index in [1.807, 2.05) is 6.92 Å². The number of carbonyl (C=O) groups excluding carboxylic acids is 1. The van der Waals surface area contributed by atoms with E-state index in [2.05, 4.69) is 24.7 Å². The highest BCUT2D eigenvalue weighted by Crippen LogP contribution is 1.93. The van der Waals surface area contributed by atoms with Crippen molar-refractivity contribution in [3.05, 3.63) is 0 Å². The van der Waals surface area contributed by atoms with Gasteiger partial charge in [0, 0.05) is 12.5 Å². The minimum atomic E-state index is 0.0838. The lowest BCUT2D eigenvalue weighted by molar-refractivity contribution is -0.122. The molecule has 0 saturated heterocycles. The highest BCUT2D eigenvalue weighted by atomic mass is 16.2. The van der Waals surface area contributed by atoms with E-state index in [0.29, 0.717) is 12.5 Å². The second-order valence-electron chi connectivity index (χ2n) is 3.13. The van der Waals surface area contributed by atoms with Crippen molar-refractivity contribution in [1.82, 2.24) is 10.9 Å². The first kappa shape index (κ1) is 11.4. The summed E-state index contributed by atoms with van der Waals surface area (Å²) in [7, 11) is 0. The normalized spacial score (nSPS) is 12.6. The van der Waals surface area contributed by atoms with E-state index in [4.69, 9.17) is 0 Å². The zero-order chi connectivity index (χ0) is 9.40. The lowest BCUT2D eigenvalue weighted by Crippen LogP contribution is -2.42. The molecule has 1 amide bonds. The Balaban J connectivity index is 3.33. The van der Waals surface area contributed by atoms with Crippen LogP contribution in [0.1, 0.15) is 46.5 Å². The maximum atomic E-state index is 11.0. The maximum absolute atomic E-state index is 11.0. The van der Waals surface area contributed by atoms with E-state index < -0.39 is 0 Å². The summed E-state index contributed by atoms with van der Waals surface area (Å²) in [5.41, 5.74) is 5.65. The van der Waals surface area contributed by atoms with Gasteiger partial charge < -0.3 is 0 Å². The fourth-order valence-corrected chi connectivity index (χ4v) is 0.998. The summed E-state index contributed by atoms with van der Waals surface area (Å²) >= 11 is 0. The second kappa shape index (κ2) is 7.10. The smallest absolute Gasteiger partial charge is 0.234 e. The predicted octanol–water partition coefficient (Wildman–Crippen LogP) is 1.60. The molecule has 0 spiro atoms. The van der Waals surface area contributed by atoms with E-state index in [0.717, 1.165) is 19.3 Å². The van der Waals surface area contributed by atoms with Crippen molar-refractivity contribution in [3.63, 3.8) is 0 Å². The van der Waals surface area contributed by atoms with Crippen LogP contribution < -0.4 is 10.9 Å². The Bertz CT molecular complexity index is 126. The Morgan fingerprint density at radius 1 is 1.33 bits per heavy atom. The number of carbonyl (C=O) groups is 1. The van der Waals surface area contributed by atoms with Crippen LogP contribution in [0.15, 0.2) is 0 Å². The van der Waals surface area contributed by atoms with E-state index in [1.165, 1.54) is 0 Å². The molecule has 0 rings (SSSR count). The summed E-state index contributed by atoms with van der Waals surface area (Å²) in [5, 5.41) is 0. The zero-order valence-electron chi connectivity index (χ0n) is 8.31. The fraction of sp³-hybridized carbons (Fsp3) is 0.889. The third-order valence-corrected chi connectivity index (χ3v) is 1.66. The van der Waals surface area contributed by atoms with Crippen LogP contribution in [0.3, 0.4) is 0 Å². The summed E-state index contributed by atoms with van der Waals surface area (Å²) in [4.78, 5) is 11.0. The van der Waals surface area contributed by atoms with Crippen molar-refractivity contribution in [2.45, 2.75) is 52.5 Å². The highest BCUT2D eigenvalue weighted by molar-refractivity contribution is 5.75.